The quantitative estimate of drug-likeness (QED) is 0.660. The molecule has 0 aromatic heterocycles. The van der Waals surface area contributed by atoms with Crippen molar-refractivity contribution in [3.05, 3.63) is 0 Å². The van der Waals surface area contributed by atoms with Gasteiger partial charge in [-0.15, -0.1) is 12.4 Å². The summed E-state index contributed by atoms with van der Waals surface area (Å²) in [4.78, 5) is 12.5. The van der Waals surface area contributed by atoms with Crippen LogP contribution in [-0.2, 0) is 4.79 Å². The molecule has 0 radical (unpaired) electrons. The van der Waals surface area contributed by atoms with E-state index in [0.29, 0.717) is 13.1 Å². The number of hydrogen-bond acceptors (Lipinski definition) is 3. The van der Waals surface area contributed by atoms with Gasteiger partial charge in [-0.3, -0.25) is 9.69 Å². The summed E-state index contributed by atoms with van der Waals surface area (Å²) in [7, 11) is 0. The van der Waals surface area contributed by atoms with Crippen LogP contribution in [0.2, 0.25) is 0 Å². The predicted molar refractivity (Wildman–Crippen MR) is 48.5 cm³/mol. The number of halogens is 1. The number of aliphatic carboxylic acids is 1. The van der Waals surface area contributed by atoms with E-state index in [1.807, 2.05) is 4.90 Å². The van der Waals surface area contributed by atoms with Crippen LogP contribution in [-0.4, -0.2) is 41.7 Å². The first-order chi connectivity index (χ1) is 5.25. The highest BCUT2D eigenvalue weighted by Gasteiger charge is 2.29. The zero-order chi connectivity index (χ0) is 8.27. The SMILES string of the molecule is Cl.NCCN1CCCC1C(=O)O. The Kier molecular flexibility index (Phi) is 5.20. The zero-order valence-corrected chi connectivity index (χ0v) is 7.72. The van der Waals surface area contributed by atoms with Gasteiger partial charge in [-0.1, -0.05) is 0 Å². The van der Waals surface area contributed by atoms with Crippen molar-refractivity contribution in [3.63, 3.8) is 0 Å². The third-order valence-corrected chi connectivity index (χ3v) is 2.07. The van der Waals surface area contributed by atoms with Gasteiger partial charge in [-0.2, -0.15) is 0 Å². The first-order valence-electron chi connectivity index (χ1n) is 3.92. The lowest BCUT2D eigenvalue weighted by molar-refractivity contribution is -0.142. The van der Waals surface area contributed by atoms with Crippen LogP contribution in [0.15, 0.2) is 0 Å². The minimum absolute atomic E-state index is 0. The maximum atomic E-state index is 10.6. The van der Waals surface area contributed by atoms with Gasteiger partial charge in [0.2, 0.25) is 0 Å². The van der Waals surface area contributed by atoms with Crippen molar-refractivity contribution in [1.82, 2.24) is 4.90 Å². The summed E-state index contributed by atoms with van der Waals surface area (Å²) >= 11 is 0. The average Bonchev–Trinajstić information content (AvgIpc) is 2.36. The molecule has 1 rings (SSSR count). The Morgan fingerprint density at radius 1 is 1.67 bits per heavy atom. The van der Waals surface area contributed by atoms with Crippen LogP contribution >= 0.6 is 12.4 Å². The molecule has 3 N–H and O–H groups in total. The van der Waals surface area contributed by atoms with E-state index in [1.54, 1.807) is 0 Å². The van der Waals surface area contributed by atoms with Crippen LogP contribution in [0.3, 0.4) is 0 Å². The molecule has 0 spiro atoms. The largest absolute Gasteiger partial charge is 0.480 e. The smallest absolute Gasteiger partial charge is 0.320 e. The zero-order valence-electron chi connectivity index (χ0n) is 6.90. The summed E-state index contributed by atoms with van der Waals surface area (Å²) in [5.74, 6) is -0.712. The van der Waals surface area contributed by atoms with E-state index in [0.717, 1.165) is 19.4 Å². The molecule has 1 fully saturated rings. The van der Waals surface area contributed by atoms with Gasteiger partial charge in [0, 0.05) is 13.1 Å². The number of likely N-dealkylation sites (tertiary alicyclic amines) is 1. The second-order valence-electron chi connectivity index (χ2n) is 2.82. The molecule has 0 aliphatic carbocycles. The predicted octanol–water partition coefficient (Wildman–Crippen LogP) is -0.0841. The van der Waals surface area contributed by atoms with E-state index in [2.05, 4.69) is 0 Å². The van der Waals surface area contributed by atoms with E-state index in [1.165, 1.54) is 0 Å². The second kappa shape index (κ2) is 5.35. The average molecular weight is 195 g/mol. The van der Waals surface area contributed by atoms with Crippen molar-refractivity contribution in [3.8, 4) is 0 Å². The van der Waals surface area contributed by atoms with E-state index in [9.17, 15) is 4.79 Å². The third-order valence-electron chi connectivity index (χ3n) is 2.07. The summed E-state index contributed by atoms with van der Waals surface area (Å²) in [5, 5.41) is 8.73. The number of hydrogen-bond donors (Lipinski definition) is 2. The van der Waals surface area contributed by atoms with Gasteiger partial charge in [-0.25, -0.2) is 0 Å². The molecule has 1 aliphatic heterocycles. The van der Waals surface area contributed by atoms with Crippen molar-refractivity contribution < 1.29 is 9.90 Å². The Morgan fingerprint density at radius 3 is 2.83 bits per heavy atom. The molecule has 5 heteroatoms. The molecule has 0 aromatic rings. The van der Waals surface area contributed by atoms with Crippen LogP contribution in [0, 0.1) is 0 Å². The number of nitrogens with two attached hydrogens (primary N) is 1. The van der Waals surface area contributed by atoms with Crippen LogP contribution < -0.4 is 5.73 Å². The number of carboxylic acid groups (broad SMARTS) is 1. The van der Waals surface area contributed by atoms with Gasteiger partial charge in [0.25, 0.3) is 0 Å². The molecule has 1 unspecified atom stereocenters. The fourth-order valence-electron chi connectivity index (χ4n) is 1.54. The second-order valence-corrected chi connectivity index (χ2v) is 2.82. The Hall–Kier alpha value is -0.320. The summed E-state index contributed by atoms with van der Waals surface area (Å²) in [6, 6.07) is -0.279. The monoisotopic (exact) mass is 194 g/mol. The summed E-state index contributed by atoms with van der Waals surface area (Å²) in [6.07, 6.45) is 1.76. The minimum atomic E-state index is -0.712. The molecular weight excluding hydrogens is 180 g/mol. The summed E-state index contributed by atoms with van der Waals surface area (Å²) < 4.78 is 0. The topological polar surface area (TPSA) is 66.6 Å². The molecule has 0 aromatic carbocycles. The Bertz CT molecular complexity index is 154. The van der Waals surface area contributed by atoms with Crippen LogP contribution in [0.1, 0.15) is 12.8 Å². The van der Waals surface area contributed by atoms with Gasteiger partial charge in [0.1, 0.15) is 6.04 Å². The lowest BCUT2D eigenvalue weighted by atomic mass is 10.2. The van der Waals surface area contributed by atoms with E-state index >= 15 is 0 Å². The van der Waals surface area contributed by atoms with Crippen molar-refractivity contribution in [2.75, 3.05) is 19.6 Å². The maximum Gasteiger partial charge on any atom is 0.320 e. The number of carbonyl (C=O) groups is 1. The normalized spacial score (nSPS) is 23.6. The molecule has 4 nitrogen and oxygen atoms in total. The molecule has 1 aliphatic rings. The van der Waals surface area contributed by atoms with Gasteiger partial charge in [-0.05, 0) is 19.4 Å². The fraction of sp³-hybridized carbons (Fsp3) is 0.857. The molecule has 0 saturated carbocycles. The fourth-order valence-corrected chi connectivity index (χ4v) is 1.54. The third kappa shape index (κ3) is 2.62. The lowest BCUT2D eigenvalue weighted by Crippen LogP contribution is -2.38. The van der Waals surface area contributed by atoms with Gasteiger partial charge in [0.15, 0.2) is 0 Å². The van der Waals surface area contributed by atoms with Crippen LogP contribution in [0.4, 0.5) is 0 Å². The van der Waals surface area contributed by atoms with Gasteiger partial charge < -0.3 is 10.8 Å². The van der Waals surface area contributed by atoms with E-state index < -0.39 is 5.97 Å². The molecule has 0 bridgehead atoms. The van der Waals surface area contributed by atoms with Crippen molar-refractivity contribution >= 4 is 18.4 Å². The number of rotatable bonds is 3. The highest BCUT2D eigenvalue weighted by Crippen LogP contribution is 2.15. The summed E-state index contributed by atoms with van der Waals surface area (Å²) in [6.45, 7) is 2.13. The van der Waals surface area contributed by atoms with Gasteiger partial charge >= 0.3 is 5.97 Å². The van der Waals surface area contributed by atoms with Crippen LogP contribution in [0.5, 0.6) is 0 Å². The lowest BCUT2D eigenvalue weighted by Gasteiger charge is -2.19. The molecule has 12 heavy (non-hydrogen) atoms. The van der Waals surface area contributed by atoms with Crippen molar-refractivity contribution in [2.24, 2.45) is 5.73 Å². The standard InChI is InChI=1S/C7H14N2O2.ClH/c8-3-5-9-4-1-2-6(9)7(10)11;/h6H,1-5,8H2,(H,10,11);1H. The molecular formula is C7H15ClN2O2. The highest BCUT2D eigenvalue weighted by molar-refractivity contribution is 5.85. The van der Waals surface area contributed by atoms with Crippen molar-refractivity contribution in [2.45, 2.75) is 18.9 Å². The van der Waals surface area contributed by atoms with Crippen LogP contribution in [0.25, 0.3) is 0 Å². The maximum absolute atomic E-state index is 10.6. The first kappa shape index (κ1) is 11.7. The van der Waals surface area contributed by atoms with Gasteiger partial charge in [0.05, 0.1) is 0 Å². The molecule has 0 amide bonds. The minimum Gasteiger partial charge on any atom is -0.480 e. The summed E-state index contributed by atoms with van der Waals surface area (Å²) in [5.41, 5.74) is 5.34. The molecule has 1 heterocycles. The number of carboxylic acids is 1. The number of nitrogens with zero attached hydrogens (tertiary/aromatic N) is 1. The Labute approximate surface area is 78.1 Å². The molecule has 1 atom stereocenters. The first-order valence-corrected chi connectivity index (χ1v) is 3.92. The molecule has 1 saturated heterocycles. The highest BCUT2D eigenvalue weighted by atomic mass is 35.5. The molecule has 72 valence electrons. The Balaban J connectivity index is 0.00000121. The Morgan fingerprint density at radius 2 is 2.33 bits per heavy atom. The van der Waals surface area contributed by atoms with E-state index in [-0.39, 0.29) is 18.4 Å². The van der Waals surface area contributed by atoms with E-state index in [4.69, 9.17) is 10.8 Å². The van der Waals surface area contributed by atoms with Crippen molar-refractivity contribution in [1.29, 1.82) is 0 Å².